The van der Waals surface area contributed by atoms with Crippen LogP contribution in [-0.4, -0.2) is 31.8 Å². The molecule has 0 aliphatic heterocycles. The minimum atomic E-state index is -0.840. The zero-order chi connectivity index (χ0) is 21.7. The lowest BCUT2D eigenvalue weighted by Crippen LogP contribution is -2.39. The lowest BCUT2D eigenvalue weighted by molar-refractivity contribution is -0.137. The van der Waals surface area contributed by atoms with Crippen LogP contribution in [0.4, 0.5) is 0 Å². The van der Waals surface area contributed by atoms with E-state index in [2.05, 4.69) is 4.98 Å². The Morgan fingerprint density at radius 1 is 1.07 bits per heavy atom. The van der Waals surface area contributed by atoms with Crippen LogP contribution in [0.25, 0.3) is 22.3 Å². The molecule has 2 N–H and O–H groups in total. The van der Waals surface area contributed by atoms with Crippen LogP contribution >= 0.6 is 0 Å². The Hall–Kier alpha value is -3.29. The molecule has 0 aliphatic rings. The SMILES string of the molecule is CCCn1c(=O)c2[nH]c(-c3ccc(OCCCC(=O)O)cc3)cc2n(CCC)c1=O. The third kappa shape index (κ3) is 4.48. The quantitative estimate of drug-likeness (QED) is 0.497. The van der Waals surface area contributed by atoms with Crippen LogP contribution in [0.5, 0.6) is 5.75 Å². The zero-order valence-corrected chi connectivity index (χ0v) is 17.3. The van der Waals surface area contributed by atoms with Crippen molar-refractivity contribution in [3.8, 4) is 17.0 Å². The van der Waals surface area contributed by atoms with Gasteiger partial charge in [-0.25, -0.2) is 4.79 Å². The van der Waals surface area contributed by atoms with E-state index in [1.54, 1.807) is 16.7 Å². The molecule has 2 aromatic heterocycles. The molecule has 8 nitrogen and oxygen atoms in total. The number of ether oxygens (including phenoxy) is 1. The van der Waals surface area contributed by atoms with Gasteiger partial charge in [-0.05, 0) is 55.2 Å². The second kappa shape index (κ2) is 9.47. The van der Waals surface area contributed by atoms with E-state index in [9.17, 15) is 14.4 Å². The highest BCUT2D eigenvalue weighted by Crippen LogP contribution is 2.24. The van der Waals surface area contributed by atoms with Gasteiger partial charge in [-0.3, -0.25) is 18.7 Å². The number of H-pyrrole nitrogens is 1. The summed E-state index contributed by atoms with van der Waals surface area (Å²) in [7, 11) is 0. The van der Waals surface area contributed by atoms with Crippen LogP contribution in [0.3, 0.4) is 0 Å². The van der Waals surface area contributed by atoms with Crippen molar-refractivity contribution in [3.05, 3.63) is 51.2 Å². The Labute approximate surface area is 173 Å². The van der Waals surface area contributed by atoms with Crippen LogP contribution in [-0.2, 0) is 17.9 Å². The molecule has 3 rings (SSSR count). The first-order valence-electron chi connectivity index (χ1n) is 10.3. The van der Waals surface area contributed by atoms with Gasteiger partial charge in [-0.2, -0.15) is 0 Å². The maximum atomic E-state index is 12.8. The predicted octanol–water partition coefficient (Wildman–Crippen LogP) is 3.22. The minimum absolute atomic E-state index is 0.0716. The zero-order valence-electron chi connectivity index (χ0n) is 17.3. The number of aromatic nitrogens is 3. The number of carbonyl (C=O) groups is 1. The van der Waals surface area contributed by atoms with Gasteiger partial charge in [0.25, 0.3) is 5.56 Å². The number of aromatic amines is 1. The normalized spacial score (nSPS) is 11.1. The Morgan fingerprint density at radius 2 is 1.73 bits per heavy atom. The van der Waals surface area contributed by atoms with Crippen LogP contribution in [0.2, 0.25) is 0 Å². The predicted molar refractivity (Wildman–Crippen MR) is 115 cm³/mol. The van der Waals surface area contributed by atoms with Crippen molar-refractivity contribution < 1.29 is 14.6 Å². The fourth-order valence-electron chi connectivity index (χ4n) is 3.45. The van der Waals surface area contributed by atoms with Gasteiger partial charge in [0.2, 0.25) is 0 Å². The Morgan fingerprint density at radius 3 is 2.37 bits per heavy atom. The second-order valence-corrected chi connectivity index (χ2v) is 7.20. The van der Waals surface area contributed by atoms with Gasteiger partial charge in [0.1, 0.15) is 11.3 Å². The van der Waals surface area contributed by atoms with Gasteiger partial charge in [0.15, 0.2) is 0 Å². The van der Waals surface area contributed by atoms with E-state index in [1.807, 2.05) is 32.0 Å². The number of hydrogen-bond acceptors (Lipinski definition) is 4. The van der Waals surface area contributed by atoms with Gasteiger partial charge in [0, 0.05) is 25.2 Å². The second-order valence-electron chi connectivity index (χ2n) is 7.20. The monoisotopic (exact) mass is 413 g/mol. The maximum absolute atomic E-state index is 12.8. The lowest BCUT2D eigenvalue weighted by Gasteiger charge is -2.10. The van der Waals surface area contributed by atoms with Crippen LogP contribution in [0, 0.1) is 0 Å². The average molecular weight is 413 g/mol. The maximum Gasteiger partial charge on any atom is 0.331 e. The Kier molecular flexibility index (Phi) is 6.76. The van der Waals surface area contributed by atoms with E-state index < -0.39 is 5.97 Å². The number of aryl methyl sites for hydroxylation is 1. The highest BCUT2D eigenvalue weighted by molar-refractivity contribution is 5.82. The fraction of sp³-hybridized carbons (Fsp3) is 0.409. The molecule has 1 aromatic carbocycles. The molecule has 160 valence electrons. The summed E-state index contributed by atoms with van der Waals surface area (Å²) in [4.78, 5) is 39.4. The summed E-state index contributed by atoms with van der Waals surface area (Å²) in [6, 6.07) is 9.17. The van der Waals surface area contributed by atoms with Crippen LogP contribution < -0.4 is 16.0 Å². The van der Waals surface area contributed by atoms with Crippen molar-refractivity contribution in [3.63, 3.8) is 0 Å². The van der Waals surface area contributed by atoms with Gasteiger partial charge in [-0.15, -0.1) is 0 Å². The molecule has 0 bridgehead atoms. The fourth-order valence-corrected chi connectivity index (χ4v) is 3.45. The molecular formula is C22H27N3O5. The molecule has 2 heterocycles. The van der Waals surface area contributed by atoms with Crippen molar-refractivity contribution in [2.75, 3.05) is 6.61 Å². The van der Waals surface area contributed by atoms with E-state index in [-0.39, 0.29) is 17.7 Å². The summed E-state index contributed by atoms with van der Waals surface area (Å²) >= 11 is 0. The molecule has 0 atom stereocenters. The Bertz CT molecular complexity index is 1140. The summed E-state index contributed by atoms with van der Waals surface area (Å²) < 4.78 is 8.52. The van der Waals surface area contributed by atoms with E-state index in [0.29, 0.717) is 49.3 Å². The first-order valence-corrected chi connectivity index (χ1v) is 10.3. The number of rotatable bonds is 10. The molecule has 0 amide bonds. The lowest BCUT2D eigenvalue weighted by atomic mass is 10.1. The summed E-state index contributed by atoms with van der Waals surface area (Å²) in [5.41, 5.74) is 2.09. The third-order valence-electron chi connectivity index (χ3n) is 4.87. The summed E-state index contributed by atoms with van der Waals surface area (Å²) in [5, 5.41) is 8.67. The molecule has 0 aliphatic carbocycles. The van der Waals surface area contributed by atoms with Gasteiger partial charge in [0.05, 0.1) is 12.1 Å². The number of aliphatic carboxylic acids is 1. The minimum Gasteiger partial charge on any atom is -0.494 e. The van der Waals surface area contributed by atoms with E-state index in [1.165, 1.54) is 4.57 Å². The van der Waals surface area contributed by atoms with Gasteiger partial charge in [-0.1, -0.05) is 13.8 Å². The molecule has 0 fully saturated rings. The summed E-state index contributed by atoms with van der Waals surface area (Å²) in [6.07, 6.45) is 2.00. The van der Waals surface area contributed by atoms with E-state index in [0.717, 1.165) is 17.7 Å². The van der Waals surface area contributed by atoms with Crippen molar-refractivity contribution in [1.29, 1.82) is 0 Å². The smallest absolute Gasteiger partial charge is 0.331 e. The largest absolute Gasteiger partial charge is 0.494 e. The van der Waals surface area contributed by atoms with Crippen molar-refractivity contribution in [1.82, 2.24) is 14.1 Å². The molecule has 8 heteroatoms. The molecule has 0 unspecified atom stereocenters. The molecule has 0 radical (unpaired) electrons. The molecule has 0 saturated heterocycles. The molecule has 3 aromatic rings. The summed E-state index contributed by atoms with van der Waals surface area (Å²) in [5.74, 6) is -0.194. The average Bonchev–Trinajstić information content (AvgIpc) is 3.17. The number of nitrogens with one attached hydrogen (secondary N) is 1. The topological polar surface area (TPSA) is 106 Å². The standard InChI is InChI=1S/C22H27N3O5/c1-3-11-24-18-14-17(23-20(18)21(28)25(12-4-2)22(24)29)15-7-9-16(10-8-15)30-13-5-6-19(26)27/h7-10,14,23H,3-6,11-13H2,1-2H3,(H,26,27). The molecular weight excluding hydrogens is 386 g/mol. The highest BCUT2D eigenvalue weighted by Gasteiger charge is 2.16. The van der Waals surface area contributed by atoms with Crippen molar-refractivity contribution >= 4 is 17.0 Å². The number of fused-ring (bicyclic) bond motifs is 1. The van der Waals surface area contributed by atoms with Crippen molar-refractivity contribution in [2.45, 2.75) is 52.6 Å². The Balaban J connectivity index is 1.92. The van der Waals surface area contributed by atoms with Crippen molar-refractivity contribution in [2.24, 2.45) is 0 Å². The number of hydrogen-bond donors (Lipinski definition) is 2. The number of benzene rings is 1. The molecule has 0 spiro atoms. The number of nitrogens with zero attached hydrogens (tertiary/aromatic N) is 2. The first kappa shape index (κ1) is 21.4. The number of carboxylic acids is 1. The van der Waals surface area contributed by atoms with Gasteiger partial charge >= 0.3 is 11.7 Å². The third-order valence-corrected chi connectivity index (χ3v) is 4.87. The van der Waals surface area contributed by atoms with E-state index in [4.69, 9.17) is 9.84 Å². The highest BCUT2D eigenvalue weighted by atomic mass is 16.5. The van der Waals surface area contributed by atoms with Gasteiger partial charge < -0.3 is 14.8 Å². The van der Waals surface area contributed by atoms with E-state index >= 15 is 0 Å². The first-order chi connectivity index (χ1) is 14.5. The molecule has 30 heavy (non-hydrogen) atoms. The van der Waals surface area contributed by atoms with Crippen LogP contribution in [0.15, 0.2) is 39.9 Å². The number of carboxylic acid groups (broad SMARTS) is 1. The van der Waals surface area contributed by atoms with Crippen LogP contribution in [0.1, 0.15) is 39.5 Å². The summed E-state index contributed by atoms with van der Waals surface area (Å²) in [6.45, 7) is 5.19. The molecule has 0 saturated carbocycles.